The van der Waals surface area contributed by atoms with Gasteiger partial charge in [0.25, 0.3) is 0 Å². The van der Waals surface area contributed by atoms with E-state index in [1.165, 1.54) is 0 Å². The lowest BCUT2D eigenvalue weighted by molar-refractivity contribution is 0.745. The van der Waals surface area contributed by atoms with Crippen LogP contribution >= 0.6 is 0 Å². The van der Waals surface area contributed by atoms with E-state index < -0.39 is 5.41 Å². The third kappa shape index (κ3) is 4.57. The molecule has 8 rings (SSSR count). The van der Waals surface area contributed by atoms with Crippen molar-refractivity contribution in [3.8, 4) is 45.0 Å². The highest BCUT2D eigenvalue weighted by molar-refractivity contribution is 5.69. The first kappa shape index (κ1) is 26.1. The van der Waals surface area contributed by atoms with Gasteiger partial charge in [-0.3, -0.25) is 0 Å². The molecular weight excluding hydrogens is 564 g/mol. The van der Waals surface area contributed by atoms with Crippen LogP contribution in [-0.2, 0) is 5.41 Å². The lowest BCUT2D eigenvalue weighted by Crippen LogP contribution is -2.31. The van der Waals surface area contributed by atoms with Crippen LogP contribution in [0.3, 0.4) is 0 Å². The molecule has 0 amide bonds. The van der Waals surface area contributed by atoms with Crippen molar-refractivity contribution in [2.24, 2.45) is 0 Å². The molecule has 4 heterocycles. The maximum absolute atomic E-state index is 4.28. The molecule has 0 aliphatic heterocycles. The standard InChI is InChI=1S/C33H24N12/c1-9-25(10-2-21(1)29-17-34-42-38-29)33(26-11-3-22(4-12-26)30-18-35-43-39-30,27-13-5-23(6-14-27)31-19-36-44-40-31)28-15-7-24(8-16-28)32-20-37-45-41-32/h1-20H,(H,34,38,42)(H,35,39,43)(H,36,40,44)(H,37,41,45). The van der Waals surface area contributed by atoms with Crippen LogP contribution in [0, 0.1) is 0 Å². The molecule has 0 aliphatic rings. The second-order valence-electron chi connectivity index (χ2n) is 10.5. The monoisotopic (exact) mass is 588 g/mol. The predicted octanol–water partition coefficient (Wildman–Crippen LogP) is 5.21. The fraction of sp³-hybridized carbons (Fsp3) is 0.0303. The highest BCUT2D eigenvalue weighted by Gasteiger charge is 2.38. The molecule has 0 unspecified atom stereocenters. The molecule has 216 valence electrons. The van der Waals surface area contributed by atoms with E-state index in [-0.39, 0.29) is 0 Å². The summed E-state index contributed by atoms with van der Waals surface area (Å²) in [5, 5.41) is 43.9. The second-order valence-corrected chi connectivity index (χ2v) is 10.5. The minimum absolute atomic E-state index is 0.713. The van der Waals surface area contributed by atoms with Crippen LogP contribution in [0.2, 0.25) is 0 Å². The summed E-state index contributed by atoms with van der Waals surface area (Å²) in [6.45, 7) is 0. The summed E-state index contributed by atoms with van der Waals surface area (Å²) in [5.41, 5.74) is 10.5. The highest BCUT2D eigenvalue weighted by Crippen LogP contribution is 2.46. The third-order valence-corrected chi connectivity index (χ3v) is 8.11. The molecule has 4 N–H and O–H groups in total. The molecule has 12 nitrogen and oxygen atoms in total. The van der Waals surface area contributed by atoms with Crippen LogP contribution in [0.5, 0.6) is 0 Å². The number of nitrogens with zero attached hydrogens (tertiary/aromatic N) is 8. The normalized spacial score (nSPS) is 11.6. The molecule has 4 aromatic carbocycles. The zero-order valence-corrected chi connectivity index (χ0v) is 23.6. The van der Waals surface area contributed by atoms with Crippen molar-refractivity contribution in [2.75, 3.05) is 0 Å². The van der Waals surface area contributed by atoms with E-state index in [9.17, 15) is 0 Å². The van der Waals surface area contributed by atoms with Crippen molar-refractivity contribution in [1.82, 2.24) is 61.6 Å². The van der Waals surface area contributed by atoms with Gasteiger partial charge in [0, 0.05) is 22.3 Å². The van der Waals surface area contributed by atoms with E-state index in [0.29, 0.717) is 0 Å². The van der Waals surface area contributed by atoms with Crippen molar-refractivity contribution in [3.63, 3.8) is 0 Å². The Bertz CT molecular complexity index is 1780. The molecule has 0 fully saturated rings. The van der Waals surface area contributed by atoms with E-state index in [2.05, 4.69) is 159 Å². The quantitative estimate of drug-likeness (QED) is 0.176. The fourth-order valence-corrected chi connectivity index (χ4v) is 5.93. The number of hydrogen-bond donors (Lipinski definition) is 4. The number of aromatic nitrogens is 12. The van der Waals surface area contributed by atoms with E-state index >= 15 is 0 Å². The van der Waals surface area contributed by atoms with Crippen LogP contribution in [0.25, 0.3) is 45.0 Å². The average Bonchev–Trinajstić information content (AvgIpc) is 3.95. The Kier molecular flexibility index (Phi) is 6.34. The number of H-pyrrole nitrogens is 4. The lowest BCUT2D eigenvalue weighted by atomic mass is 9.64. The Morgan fingerprint density at radius 1 is 0.311 bits per heavy atom. The molecule has 0 saturated heterocycles. The summed E-state index contributed by atoms with van der Waals surface area (Å²) in [5.74, 6) is 0. The average molecular weight is 589 g/mol. The van der Waals surface area contributed by atoms with Crippen molar-refractivity contribution < 1.29 is 0 Å². The summed E-state index contributed by atoms with van der Waals surface area (Å²) in [6.07, 6.45) is 6.87. The molecule has 0 saturated carbocycles. The van der Waals surface area contributed by atoms with E-state index in [4.69, 9.17) is 0 Å². The second kappa shape index (κ2) is 10.9. The summed E-state index contributed by atoms with van der Waals surface area (Å²) < 4.78 is 0. The molecule has 0 aliphatic carbocycles. The van der Waals surface area contributed by atoms with E-state index in [1.54, 1.807) is 24.8 Å². The van der Waals surface area contributed by atoms with Crippen LogP contribution in [0.15, 0.2) is 122 Å². The van der Waals surface area contributed by atoms with Gasteiger partial charge in [0.05, 0.1) is 30.2 Å². The minimum atomic E-state index is -0.713. The first-order valence-corrected chi connectivity index (χ1v) is 14.2. The summed E-state index contributed by atoms with van der Waals surface area (Å²) >= 11 is 0. The molecule has 0 atom stereocenters. The number of benzene rings is 4. The van der Waals surface area contributed by atoms with Crippen molar-refractivity contribution in [2.45, 2.75) is 5.41 Å². The molecule has 8 aromatic rings. The molecule has 4 aromatic heterocycles. The van der Waals surface area contributed by atoms with Crippen molar-refractivity contribution in [3.05, 3.63) is 144 Å². The molecule has 45 heavy (non-hydrogen) atoms. The number of aromatic amines is 4. The topological polar surface area (TPSA) is 166 Å². The van der Waals surface area contributed by atoms with Crippen molar-refractivity contribution >= 4 is 0 Å². The van der Waals surface area contributed by atoms with E-state index in [0.717, 1.165) is 67.3 Å². The van der Waals surface area contributed by atoms with Crippen molar-refractivity contribution in [1.29, 1.82) is 0 Å². The summed E-state index contributed by atoms with van der Waals surface area (Å²) in [4.78, 5) is 0. The fourth-order valence-electron chi connectivity index (χ4n) is 5.93. The summed E-state index contributed by atoms with van der Waals surface area (Å²) in [7, 11) is 0. The van der Waals surface area contributed by atoms with Gasteiger partial charge >= 0.3 is 0 Å². The minimum Gasteiger partial charge on any atom is -0.197 e. The van der Waals surface area contributed by atoms with Gasteiger partial charge in [-0.05, 0) is 22.3 Å². The third-order valence-electron chi connectivity index (χ3n) is 8.11. The number of hydrogen-bond acceptors (Lipinski definition) is 8. The van der Waals surface area contributed by atoms with Crippen LogP contribution in [0.1, 0.15) is 22.3 Å². The molecule has 0 spiro atoms. The SMILES string of the molecule is c1cc(C(c2ccc(-c3cn[nH]n3)cc2)(c2ccc(-c3cn[nH]n3)cc2)c2ccc(-c3cn[nH]n3)cc2)ccc1-c1cn[nH]n1. The zero-order chi connectivity index (χ0) is 30.1. The Morgan fingerprint density at radius 2 is 0.533 bits per heavy atom. The van der Waals surface area contributed by atoms with Gasteiger partial charge < -0.3 is 0 Å². The van der Waals surface area contributed by atoms with Gasteiger partial charge in [-0.2, -0.15) is 61.6 Å². The predicted molar refractivity (Wildman–Crippen MR) is 166 cm³/mol. The largest absolute Gasteiger partial charge is 0.197 e. The van der Waals surface area contributed by atoms with Gasteiger partial charge in [0.1, 0.15) is 22.8 Å². The molecule has 0 radical (unpaired) electrons. The van der Waals surface area contributed by atoms with Crippen LogP contribution < -0.4 is 0 Å². The first-order valence-electron chi connectivity index (χ1n) is 14.2. The number of nitrogens with one attached hydrogen (secondary N) is 4. The Labute approximate surface area is 256 Å². The molecular formula is C33H24N12. The maximum Gasteiger partial charge on any atom is 0.112 e. The van der Waals surface area contributed by atoms with Gasteiger partial charge in [-0.15, -0.1) is 0 Å². The van der Waals surface area contributed by atoms with Crippen LogP contribution in [-0.4, -0.2) is 61.6 Å². The van der Waals surface area contributed by atoms with Crippen LogP contribution in [0.4, 0.5) is 0 Å². The van der Waals surface area contributed by atoms with Gasteiger partial charge in [-0.25, -0.2) is 0 Å². The first-order chi connectivity index (χ1) is 22.3. The van der Waals surface area contributed by atoms with Gasteiger partial charge in [0.2, 0.25) is 0 Å². The molecule has 12 heteroatoms. The zero-order valence-electron chi connectivity index (χ0n) is 23.6. The Morgan fingerprint density at radius 3 is 0.711 bits per heavy atom. The van der Waals surface area contributed by atoms with Gasteiger partial charge in [0.15, 0.2) is 0 Å². The Hall–Kier alpha value is -6.56. The smallest absolute Gasteiger partial charge is 0.112 e. The number of rotatable bonds is 8. The highest BCUT2D eigenvalue weighted by atomic mass is 15.3. The lowest BCUT2D eigenvalue weighted by Gasteiger charge is -2.37. The maximum atomic E-state index is 4.28. The van der Waals surface area contributed by atoms with Gasteiger partial charge in [-0.1, -0.05) is 97.1 Å². The molecule has 0 bridgehead atoms. The summed E-state index contributed by atoms with van der Waals surface area (Å²) in [6, 6.07) is 33.9. The van der Waals surface area contributed by atoms with E-state index in [1.807, 2.05) is 0 Å². The Balaban J connectivity index is 1.35.